The number of carbonyl (C=O) groups excluding carboxylic acids is 1. The van der Waals surface area contributed by atoms with E-state index in [1.165, 1.54) is 49.9 Å². The van der Waals surface area contributed by atoms with Crippen molar-refractivity contribution in [1.29, 1.82) is 0 Å². The van der Waals surface area contributed by atoms with Gasteiger partial charge in [0.25, 0.3) is 10.1 Å². The Labute approximate surface area is 138 Å². The van der Waals surface area contributed by atoms with Gasteiger partial charge in [-0.3, -0.25) is 9.35 Å². The third-order valence-corrected chi connectivity index (χ3v) is 4.13. The first-order valence-electron chi connectivity index (χ1n) is 7.86. The number of esters is 1. The molecule has 23 heavy (non-hydrogen) atoms. The summed E-state index contributed by atoms with van der Waals surface area (Å²) in [4.78, 5) is 11.4. The highest BCUT2D eigenvalue weighted by Crippen LogP contribution is 2.16. The zero-order valence-corrected chi connectivity index (χ0v) is 14.2. The van der Waals surface area contributed by atoms with Crippen molar-refractivity contribution in [3.05, 3.63) is 36.4 Å². The molecule has 1 rings (SSSR count). The third kappa shape index (κ3) is 8.52. The van der Waals surface area contributed by atoms with E-state index in [-0.39, 0.29) is 23.0 Å². The molecule has 0 aliphatic rings. The summed E-state index contributed by atoms with van der Waals surface area (Å²) in [7, 11) is -4.23. The topological polar surface area (TPSA) is 80.7 Å². The van der Waals surface area contributed by atoms with Crippen LogP contribution in [-0.4, -0.2) is 18.9 Å². The summed E-state index contributed by atoms with van der Waals surface area (Å²) in [6, 6.07) is 5.05. The summed E-state index contributed by atoms with van der Waals surface area (Å²) in [5.74, 6) is -0.119. The molecular weight excluding hydrogens is 316 g/mol. The lowest BCUT2D eigenvalue weighted by Crippen LogP contribution is -2.07. The fourth-order valence-electron chi connectivity index (χ4n) is 1.99. The van der Waals surface area contributed by atoms with Crippen molar-refractivity contribution in [1.82, 2.24) is 0 Å². The quantitative estimate of drug-likeness (QED) is 0.227. The fraction of sp³-hybridized carbons (Fsp3) is 0.471. The molecule has 0 bridgehead atoms. The molecule has 0 aliphatic carbocycles. The average Bonchev–Trinajstić information content (AvgIpc) is 2.49. The zero-order valence-electron chi connectivity index (χ0n) is 13.4. The molecule has 1 aromatic rings. The highest BCUT2D eigenvalue weighted by molar-refractivity contribution is 7.85. The molecule has 0 saturated carbocycles. The van der Waals surface area contributed by atoms with Crippen LogP contribution in [0.4, 0.5) is 0 Å². The predicted molar refractivity (Wildman–Crippen MR) is 89.0 cm³/mol. The molecule has 0 radical (unpaired) electrons. The van der Waals surface area contributed by atoms with Gasteiger partial charge in [-0.05, 0) is 43.5 Å². The molecule has 1 aromatic carbocycles. The Morgan fingerprint density at radius 3 is 2.35 bits per heavy atom. The maximum atomic E-state index is 11.6. The standard InChI is InChI=1S/C17H24O5S/c1-2-3-4-5-6-7-8-9-10-17(18)22-15-11-13-16(14-12-15)23(19,20)21/h7-8,11-14H,2-6,9-10H2,1H3,(H,19,20,21). The molecule has 128 valence electrons. The summed E-state index contributed by atoms with van der Waals surface area (Å²) in [6.45, 7) is 2.18. The molecule has 5 nitrogen and oxygen atoms in total. The highest BCUT2D eigenvalue weighted by atomic mass is 32.2. The van der Waals surface area contributed by atoms with Crippen LogP contribution in [0.3, 0.4) is 0 Å². The number of hydrogen-bond donors (Lipinski definition) is 1. The molecule has 0 amide bonds. The molecule has 0 fully saturated rings. The van der Waals surface area contributed by atoms with Gasteiger partial charge in [0.1, 0.15) is 5.75 Å². The molecule has 0 saturated heterocycles. The van der Waals surface area contributed by atoms with Gasteiger partial charge in [-0.25, -0.2) is 0 Å². The van der Waals surface area contributed by atoms with Crippen LogP contribution in [0, 0.1) is 0 Å². The monoisotopic (exact) mass is 340 g/mol. The Bertz CT molecular complexity index is 602. The summed E-state index contributed by atoms with van der Waals surface area (Å²) in [6.07, 6.45) is 10.9. The largest absolute Gasteiger partial charge is 0.427 e. The number of rotatable bonds is 10. The lowest BCUT2D eigenvalue weighted by molar-refractivity contribution is -0.134. The summed E-state index contributed by atoms with van der Waals surface area (Å²) < 4.78 is 35.7. The molecule has 0 heterocycles. The van der Waals surface area contributed by atoms with Crippen molar-refractivity contribution >= 4 is 16.1 Å². The van der Waals surface area contributed by atoms with Crippen LogP contribution in [0.1, 0.15) is 51.9 Å². The van der Waals surface area contributed by atoms with E-state index in [0.29, 0.717) is 6.42 Å². The van der Waals surface area contributed by atoms with E-state index in [4.69, 9.17) is 9.29 Å². The maximum Gasteiger partial charge on any atom is 0.311 e. The summed E-state index contributed by atoms with van der Waals surface area (Å²) >= 11 is 0. The van der Waals surface area contributed by atoms with Crippen LogP contribution in [0.25, 0.3) is 0 Å². The number of hydrogen-bond acceptors (Lipinski definition) is 4. The Hall–Kier alpha value is -1.66. The van der Waals surface area contributed by atoms with E-state index >= 15 is 0 Å². The first-order valence-corrected chi connectivity index (χ1v) is 9.30. The fourth-order valence-corrected chi connectivity index (χ4v) is 2.47. The van der Waals surface area contributed by atoms with Crippen LogP contribution in [-0.2, 0) is 14.9 Å². The Morgan fingerprint density at radius 2 is 1.74 bits per heavy atom. The van der Waals surface area contributed by atoms with Gasteiger partial charge in [0.15, 0.2) is 0 Å². The van der Waals surface area contributed by atoms with Crippen LogP contribution in [0.2, 0.25) is 0 Å². The van der Waals surface area contributed by atoms with Gasteiger partial charge in [-0.15, -0.1) is 0 Å². The van der Waals surface area contributed by atoms with Gasteiger partial charge >= 0.3 is 5.97 Å². The van der Waals surface area contributed by atoms with E-state index in [1.54, 1.807) is 0 Å². The molecule has 0 unspecified atom stereocenters. The summed E-state index contributed by atoms with van der Waals surface area (Å²) in [5, 5.41) is 0. The number of carbonyl (C=O) groups is 1. The minimum atomic E-state index is -4.23. The predicted octanol–water partition coefficient (Wildman–Crippen LogP) is 4.15. The second-order valence-corrected chi connectivity index (χ2v) is 6.70. The first kappa shape index (κ1) is 19.4. The Kier molecular flexibility index (Phi) is 8.58. The second-order valence-electron chi connectivity index (χ2n) is 5.28. The average molecular weight is 340 g/mol. The minimum absolute atomic E-state index is 0.233. The maximum absolute atomic E-state index is 11.6. The first-order chi connectivity index (χ1) is 10.9. The molecular formula is C17H24O5S. The molecule has 0 aromatic heterocycles. The van der Waals surface area contributed by atoms with E-state index in [0.717, 1.165) is 6.42 Å². The van der Waals surface area contributed by atoms with E-state index in [1.807, 2.05) is 6.08 Å². The number of ether oxygens (including phenoxy) is 1. The van der Waals surface area contributed by atoms with Gasteiger partial charge in [-0.2, -0.15) is 8.42 Å². The molecule has 0 atom stereocenters. The third-order valence-electron chi connectivity index (χ3n) is 3.26. The van der Waals surface area contributed by atoms with Gasteiger partial charge in [0.05, 0.1) is 4.90 Å². The lowest BCUT2D eigenvalue weighted by Gasteiger charge is -2.04. The number of benzene rings is 1. The van der Waals surface area contributed by atoms with Crippen LogP contribution in [0.5, 0.6) is 5.75 Å². The minimum Gasteiger partial charge on any atom is -0.427 e. The van der Waals surface area contributed by atoms with Crippen molar-refractivity contribution in [2.75, 3.05) is 0 Å². The molecule has 6 heteroatoms. The number of unbranched alkanes of at least 4 members (excludes halogenated alkanes) is 4. The smallest absolute Gasteiger partial charge is 0.311 e. The van der Waals surface area contributed by atoms with Crippen molar-refractivity contribution in [3.8, 4) is 5.75 Å². The molecule has 1 N–H and O–H groups in total. The van der Waals surface area contributed by atoms with Crippen LogP contribution >= 0.6 is 0 Å². The van der Waals surface area contributed by atoms with Crippen LogP contribution < -0.4 is 4.74 Å². The Balaban J connectivity index is 2.27. The second kappa shape index (κ2) is 10.2. The van der Waals surface area contributed by atoms with Gasteiger partial charge in [0.2, 0.25) is 0 Å². The Morgan fingerprint density at radius 1 is 1.09 bits per heavy atom. The highest BCUT2D eigenvalue weighted by Gasteiger charge is 2.10. The van der Waals surface area contributed by atoms with Gasteiger partial charge in [0, 0.05) is 6.42 Å². The van der Waals surface area contributed by atoms with E-state index < -0.39 is 10.1 Å². The SMILES string of the molecule is CCCCCCC=CCCC(=O)Oc1ccc(S(=O)(=O)O)cc1. The van der Waals surface area contributed by atoms with Gasteiger partial charge in [-0.1, -0.05) is 38.3 Å². The normalized spacial score (nSPS) is 11.7. The van der Waals surface area contributed by atoms with E-state index in [9.17, 15) is 13.2 Å². The van der Waals surface area contributed by atoms with Crippen molar-refractivity contribution in [3.63, 3.8) is 0 Å². The number of allylic oxidation sites excluding steroid dienone is 2. The van der Waals surface area contributed by atoms with E-state index in [2.05, 4.69) is 13.0 Å². The molecule has 0 aliphatic heterocycles. The summed E-state index contributed by atoms with van der Waals surface area (Å²) in [5.41, 5.74) is 0. The zero-order chi connectivity index (χ0) is 17.1. The van der Waals surface area contributed by atoms with Crippen LogP contribution in [0.15, 0.2) is 41.3 Å². The molecule has 0 spiro atoms. The van der Waals surface area contributed by atoms with Gasteiger partial charge < -0.3 is 4.74 Å². The lowest BCUT2D eigenvalue weighted by atomic mass is 10.1. The van der Waals surface area contributed by atoms with Crippen molar-refractivity contribution in [2.45, 2.75) is 56.8 Å². The van der Waals surface area contributed by atoms with Crippen molar-refractivity contribution in [2.24, 2.45) is 0 Å². The van der Waals surface area contributed by atoms with Crippen molar-refractivity contribution < 1.29 is 22.5 Å².